The van der Waals surface area contributed by atoms with Gasteiger partial charge in [0.15, 0.2) is 0 Å². The van der Waals surface area contributed by atoms with Crippen molar-refractivity contribution in [2.75, 3.05) is 13.7 Å². The molecule has 2 fully saturated rings. The van der Waals surface area contributed by atoms with Crippen LogP contribution in [-0.4, -0.2) is 19.5 Å². The molecular weight excluding hydrogens is 236 g/mol. The molecule has 0 N–H and O–H groups in total. The van der Waals surface area contributed by atoms with E-state index in [9.17, 15) is 4.79 Å². The number of ether oxygens (including phenoxy) is 1. The van der Waals surface area contributed by atoms with E-state index in [0.717, 1.165) is 12.8 Å². The average molecular weight is 266 g/mol. The number of ketones is 1. The Kier molecular flexibility index (Phi) is 5.05. The van der Waals surface area contributed by atoms with Crippen LogP contribution in [0.1, 0.15) is 65.2 Å². The zero-order valence-corrected chi connectivity index (χ0v) is 12.9. The summed E-state index contributed by atoms with van der Waals surface area (Å²) in [5.41, 5.74) is -0.199. The summed E-state index contributed by atoms with van der Waals surface area (Å²) in [7, 11) is 1.75. The maximum atomic E-state index is 13.2. The normalized spacial score (nSPS) is 37.2. The Morgan fingerprint density at radius 1 is 1.00 bits per heavy atom. The molecule has 110 valence electrons. The van der Waals surface area contributed by atoms with Gasteiger partial charge in [-0.2, -0.15) is 0 Å². The highest BCUT2D eigenvalue weighted by Gasteiger charge is 2.51. The molecule has 2 heteroatoms. The fourth-order valence-electron chi connectivity index (χ4n) is 4.56. The van der Waals surface area contributed by atoms with E-state index in [1.54, 1.807) is 7.11 Å². The zero-order valence-electron chi connectivity index (χ0n) is 12.9. The SMILES string of the molecule is COCC1(C(=O)C2CCCCC2)C(C)CCCC1C. The van der Waals surface area contributed by atoms with E-state index in [1.165, 1.54) is 38.5 Å². The van der Waals surface area contributed by atoms with Crippen molar-refractivity contribution in [3.8, 4) is 0 Å². The molecule has 0 amide bonds. The first-order valence-electron chi connectivity index (χ1n) is 8.16. The van der Waals surface area contributed by atoms with Crippen molar-refractivity contribution in [3.63, 3.8) is 0 Å². The fourth-order valence-corrected chi connectivity index (χ4v) is 4.56. The molecule has 2 aliphatic carbocycles. The lowest BCUT2D eigenvalue weighted by Crippen LogP contribution is -2.51. The minimum Gasteiger partial charge on any atom is -0.384 e. The summed E-state index contributed by atoms with van der Waals surface area (Å²) in [6.45, 7) is 5.18. The van der Waals surface area contributed by atoms with Crippen molar-refractivity contribution in [2.45, 2.75) is 65.2 Å². The minimum absolute atomic E-state index is 0.199. The second-order valence-corrected chi connectivity index (χ2v) is 6.91. The van der Waals surface area contributed by atoms with Crippen molar-refractivity contribution >= 4 is 5.78 Å². The molecule has 0 aromatic rings. The molecule has 0 saturated heterocycles. The molecule has 2 aliphatic rings. The Balaban J connectivity index is 2.23. The van der Waals surface area contributed by atoms with E-state index in [4.69, 9.17) is 4.74 Å². The van der Waals surface area contributed by atoms with Crippen LogP contribution in [0.15, 0.2) is 0 Å². The van der Waals surface area contributed by atoms with Crippen LogP contribution in [0.2, 0.25) is 0 Å². The summed E-state index contributed by atoms with van der Waals surface area (Å²) in [5.74, 6) is 1.80. The van der Waals surface area contributed by atoms with E-state index < -0.39 is 0 Å². The summed E-state index contributed by atoms with van der Waals surface area (Å²) in [6, 6.07) is 0. The molecule has 0 radical (unpaired) electrons. The Hall–Kier alpha value is -0.370. The Bertz CT molecular complexity index is 294. The van der Waals surface area contributed by atoms with Crippen LogP contribution in [0, 0.1) is 23.2 Å². The van der Waals surface area contributed by atoms with Gasteiger partial charge < -0.3 is 4.74 Å². The van der Waals surface area contributed by atoms with Crippen LogP contribution in [0.25, 0.3) is 0 Å². The van der Waals surface area contributed by atoms with E-state index >= 15 is 0 Å². The number of hydrogen-bond donors (Lipinski definition) is 0. The summed E-state index contributed by atoms with van der Waals surface area (Å²) < 4.78 is 5.52. The molecule has 0 aromatic carbocycles. The third-order valence-corrected chi connectivity index (χ3v) is 5.85. The van der Waals surface area contributed by atoms with Gasteiger partial charge in [0.25, 0.3) is 0 Å². The van der Waals surface area contributed by atoms with E-state index in [1.807, 2.05) is 0 Å². The Morgan fingerprint density at radius 3 is 2.11 bits per heavy atom. The molecular formula is C17H30O2. The monoisotopic (exact) mass is 266 g/mol. The van der Waals surface area contributed by atoms with Gasteiger partial charge in [-0.1, -0.05) is 39.5 Å². The van der Waals surface area contributed by atoms with Crippen LogP contribution >= 0.6 is 0 Å². The molecule has 2 saturated carbocycles. The highest BCUT2D eigenvalue weighted by atomic mass is 16.5. The van der Waals surface area contributed by atoms with Crippen molar-refractivity contribution in [2.24, 2.45) is 23.2 Å². The van der Waals surface area contributed by atoms with E-state index in [2.05, 4.69) is 13.8 Å². The van der Waals surface area contributed by atoms with E-state index in [0.29, 0.717) is 30.1 Å². The van der Waals surface area contributed by atoms with Gasteiger partial charge in [0.05, 0.1) is 12.0 Å². The van der Waals surface area contributed by atoms with Gasteiger partial charge in [0, 0.05) is 13.0 Å². The summed E-state index contributed by atoms with van der Waals surface area (Å²) in [6.07, 6.45) is 9.66. The summed E-state index contributed by atoms with van der Waals surface area (Å²) in [5, 5.41) is 0. The topological polar surface area (TPSA) is 26.3 Å². The lowest BCUT2D eigenvalue weighted by atomic mass is 9.56. The van der Waals surface area contributed by atoms with E-state index in [-0.39, 0.29) is 5.41 Å². The number of hydrogen-bond acceptors (Lipinski definition) is 2. The van der Waals surface area contributed by atoms with Crippen LogP contribution in [0.4, 0.5) is 0 Å². The lowest BCUT2D eigenvalue weighted by molar-refractivity contribution is -0.149. The van der Waals surface area contributed by atoms with Crippen molar-refractivity contribution in [3.05, 3.63) is 0 Å². The van der Waals surface area contributed by atoms with Crippen LogP contribution in [-0.2, 0) is 9.53 Å². The molecule has 19 heavy (non-hydrogen) atoms. The van der Waals surface area contributed by atoms with Crippen LogP contribution < -0.4 is 0 Å². The lowest BCUT2D eigenvalue weighted by Gasteiger charge is -2.47. The minimum atomic E-state index is -0.199. The maximum absolute atomic E-state index is 13.2. The molecule has 0 aliphatic heterocycles. The summed E-state index contributed by atoms with van der Waals surface area (Å²) in [4.78, 5) is 13.2. The van der Waals surface area contributed by atoms with Crippen molar-refractivity contribution in [1.29, 1.82) is 0 Å². The molecule has 2 nitrogen and oxygen atoms in total. The zero-order chi connectivity index (χ0) is 13.9. The second-order valence-electron chi connectivity index (χ2n) is 6.91. The molecule has 2 unspecified atom stereocenters. The quantitative estimate of drug-likeness (QED) is 0.761. The van der Waals surface area contributed by atoms with Crippen molar-refractivity contribution < 1.29 is 9.53 Å². The highest BCUT2D eigenvalue weighted by molar-refractivity contribution is 5.88. The average Bonchev–Trinajstić information content (AvgIpc) is 2.43. The first kappa shape index (κ1) is 15.0. The number of rotatable bonds is 4. The third kappa shape index (κ3) is 2.74. The number of carbonyl (C=O) groups is 1. The smallest absolute Gasteiger partial charge is 0.144 e. The van der Waals surface area contributed by atoms with Crippen LogP contribution in [0.3, 0.4) is 0 Å². The number of Topliss-reactive ketones (excluding diaryl/α,β-unsaturated/α-hetero) is 1. The molecule has 0 spiro atoms. The Morgan fingerprint density at radius 2 is 1.58 bits per heavy atom. The molecule has 2 rings (SSSR count). The van der Waals surface area contributed by atoms with Gasteiger partial charge >= 0.3 is 0 Å². The third-order valence-electron chi connectivity index (χ3n) is 5.85. The van der Waals surface area contributed by atoms with Gasteiger partial charge in [-0.15, -0.1) is 0 Å². The predicted octanol–water partition coefficient (Wildman–Crippen LogP) is 4.22. The Labute approximate surface area is 118 Å². The van der Waals surface area contributed by atoms with Gasteiger partial charge in [-0.25, -0.2) is 0 Å². The molecule has 0 heterocycles. The standard InChI is InChI=1S/C17H30O2/c1-13-8-7-9-14(2)17(13,12-19-3)16(18)15-10-5-4-6-11-15/h13-15H,4-12H2,1-3H3. The molecule has 2 atom stereocenters. The largest absolute Gasteiger partial charge is 0.384 e. The van der Waals surface area contributed by atoms with Crippen molar-refractivity contribution in [1.82, 2.24) is 0 Å². The molecule has 0 aromatic heterocycles. The maximum Gasteiger partial charge on any atom is 0.144 e. The van der Waals surface area contributed by atoms with Gasteiger partial charge in [-0.05, 0) is 37.5 Å². The van der Waals surface area contributed by atoms with Gasteiger partial charge in [-0.3, -0.25) is 4.79 Å². The predicted molar refractivity (Wildman–Crippen MR) is 78.1 cm³/mol. The van der Waals surface area contributed by atoms with Gasteiger partial charge in [0.1, 0.15) is 5.78 Å². The fraction of sp³-hybridized carbons (Fsp3) is 0.941. The summed E-state index contributed by atoms with van der Waals surface area (Å²) >= 11 is 0. The first-order valence-corrected chi connectivity index (χ1v) is 8.16. The number of carbonyl (C=O) groups excluding carboxylic acids is 1. The number of methoxy groups -OCH3 is 1. The highest BCUT2D eigenvalue weighted by Crippen LogP contribution is 2.49. The second kappa shape index (κ2) is 6.39. The first-order chi connectivity index (χ1) is 9.13. The van der Waals surface area contributed by atoms with Crippen LogP contribution in [0.5, 0.6) is 0 Å². The van der Waals surface area contributed by atoms with Gasteiger partial charge in [0.2, 0.25) is 0 Å². The molecule has 0 bridgehead atoms.